The SMILES string of the molecule is COc1cc(N)c(Cl)cc1C(=O)N1CCC(OCCc2ccccc2)CC1. The third-order valence-electron chi connectivity index (χ3n) is 4.87. The molecule has 1 amide bonds. The first-order valence-electron chi connectivity index (χ1n) is 9.16. The lowest BCUT2D eigenvalue weighted by Crippen LogP contribution is -2.41. The van der Waals surface area contributed by atoms with E-state index in [-0.39, 0.29) is 12.0 Å². The van der Waals surface area contributed by atoms with Gasteiger partial charge in [-0.3, -0.25) is 4.79 Å². The molecule has 144 valence electrons. The zero-order chi connectivity index (χ0) is 19.2. The Morgan fingerprint density at radius 3 is 2.59 bits per heavy atom. The highest BCUT2D eigenvalue weighted by atomic mass is 35.5. The predicted molar refractivity (Wildman–Crippen MR) is 107 cm³/mol. The second-order valence-electron chi connectivity index (χ2n) is 6.67. The molecule has 0 radical (unpaired) electrons. The van der Waals surface area contributed by atoms with Crippen molar-refractivity contribution in [3.05, 3.63) is 58.6 Å². The van der Waals surface area contributed by atoms with Gasteiger partial charge in [0.2, 0.25) is 0 Å². The molecule has 1 saturated heterocycles. The molecule has 0 bridgehead atoms. The number of nitrogen functional groups attached to an aromatic ring is 1. The Bertz CT molecular complexity index is 774. The molecule has 0 aliphatic carbocycles. The maximum absolute atomic E-state index is 12.9. The summed E-state index contributed by atoms with van der Waals surface area (Å²) in [6.45, 7) is 2.00. The van der Waals surface area contributed by atoms with Gasteiger partial charge in [0.05, 0.1) is 36.1 Å². The van der Waals surface area contributed by atoms with Crippen molar-refractivity contribution in [1.29, 1.82) is 0 Å². The van der Waals surface area contributed by atoms with E-state index in [0.717, 1.165) is 19.3 Å². The lowest BCUT2D eigenvalue weighted by atomic mass is 10.1. The number of nitrogens with two attached hydrogens (primary N) is 1. The van der Waals surface area contributed by atoms with Crippen LogP contribution in [0, 0.1) is 0 Å². The van der Waals surface area contributed by atoms with E-state index < -0.39 is 0 Å². The van der Waals surface area contributed by atoms with Crippen LogP contribution in [0.2, 0.25) is 5.02 Å². The molecule has 1 heterocycles. The highest BCUT2D eigenvalue weighted by Crippen LogP contribution is 2.30. The minimum Gasteiger partial charge on any atom is -0.496 e. The van der Waals surface area contributed by atoms with Crippen molar-refractivity contribution in [3.63, 3.8) is 0 Å². The molecule has 5 nitrogen and oxygen atoms in total. The summed E-state index contributed by atoms with van der Waals surface area (Å²) in [4.78, 5) is 14.7. The fraction of sp³-hybridized carbons (Fsp3) is 0.381. The number of rotatable bonds is 6. The maximum Gasteiger partial charge on any atom is 0.257 e. The van der Waals surface area contributed by atoms with Gasteiger partial charge >= 0.3 is 0 Å². The van der Waals surface area contributed by atoms with Crippen molar-refractivity contribution < 1.29 is 14.3 Å². The topological polar surface area (TPSA) is 64.8 Å². The van der Waals surface area contributed by atoms with Gasteiger partial charge in [0.1, 0.15) is 5.75 Å². The molecule has 0 spiro atoms. The third-order valence-corrected chi connectivity index (χ3v) is 5.19. The lowest BCUT2D eigenvalue weighted by Gasteiger charge is -2.32. The van der Waals surface area contributed by atoms with Crippen LogP contribution in [0.4, 0.5) is 5.69 Å². The van der Waals surface area contributed by atoms with Crippen molar-refractivity contribution in [2.75, 3.05) is 32.5 Å². The van der Waals surface area contributed by atoms with Gasteiger partial charge in [-0.1, -0.05) is 41.9 Å². The van der Waals surface area contributed by atoms with Crippen LogP contribution in [0.25, 0.3) is 0 Å². The Labute approximate surface area is 165 Å². The molecule has 0 atom stereocenters. The first-order chi connectivity index (χ1) is 13.1. The van der Waals surface area contributed by atoms with Crippen LogP contribution in [0.1, 0.15) is 28.8 Å². The largest absolute Gasteiger partial charge is 0.496 e. The molecule has 3 rings (SSSR count). The number of anilines is 1. The lowest BCUT2D eigenvalue weighted by molar-refractivity contribution is 0.00997. The number of hydrogen-bond acceptors (Lipinski definition) is 4. The quantitative estimate of drug-likeness (QED) is 0.764. The van der Waals surface area contributed by atoms with Gasteiger partial charge in [-0.25, -0.2) is 0 Å². The highest BCUT2D eigenvalue weighted by molar-refractivity contribution is 6.33. The van der Waals surface area contributed by atoms with E-state index in [1.54, 1.807) is 12.1 Å². The van der Waals surface area contributed by atoms with E-state index in [0.29, 0.717) is 41.7 Å². The van der Waals surface area contributed by atoms with Gasteiger partial charge in [0.25, 0.3) is 5.91 Å². The average Bonchev–Trinajstić information content (AvgIpc) is 2.70. The number of benzene rings is 2. The molecular weight excluding hydrogens is 364 g/mol. The second kappa shape index (κ2) is 9.11. The number of carbonyl (C=O) groups is 1. The molecule has 2 N–H and O–H groups in total. The van der Waals surface area contributed by atoms with E-state index >= 15 is 0 Å². The first kappa shape index (κ1) is 19.5. The third kappa shape index (κ3) is 4.93. The predicted octanol–water partition coefficient (Wildman–Crippen LogP) is 3.79. The number of methoxy groups -OCH3 is 1. The smallest absolute Gasteiger partial charge is 0.257 e. The van der Waals surface area contributed by atoms with E-state index in [1.165, 1.54) is 12.7 Å². The molecule has 2 aromatic carbocycles. The van der Waals surface area contributed by atoms with Crippen LogP contribution >= 0.6 is 11.6 Å². The molecule has 2 aromatic rings. The fourth-order valence-electron chi connectivity index (χ4n) is 3.29. The van der Waals surface area contributed by atoms with Crippen molar-refractivity contribution in [2.24, 2.45) is 0 Å². The van der Waals surface area contributed by atoms with Gasteiger partial charge in [0, 0.05) is 19.2 Å². The standard InChI is InChI=1S/C21H25ClN2O3/c1-26-20-14-19(23)18(22)13-17(20)21(25)24-10-7-16(8-11-24)27-12-9-15-5-3-2-4-6-15/h2-6,13-14,16H,7-12,23H2,1H3. The van der Waals surface area contributed by atoms with Crippen molar-refractivity contribution >= 4 is 23.2 Å². The molecule has 0 aromatic heterocycles. The van der Waals surface area contributed by atoms with Crippen LogP contribution in [0.5, 0.6) is 5.75 Å². The van der Waals surface area contributed by atoms with E-state index in [2.05, 4.69) is 12.1 Å². The van der Waals surface area contributed by atoms with Gasteiger partial charge in [-0.15, -0.1) is 0 Å². The van der Waals surface area contributed by atoms with E-state index in [4.69, 9.17) is 26.8 Å². The Hall–Kier alpha value is -2.24. The maximum atomic E-state index is 12.9. The summed E-state index contributed by atoms with van der Waals surface area (Å²) in [5.74, 6) is 0.361. The molecular formula is C21H25ClN2O3. The monoisotopic (exact) mass is 388 g/mol. The number of nitrogens with zero attached hydrogens (tertiary/aromatic N) is 1. The molecule has 27 heavy (non-hydrogen) atoms. The number of likely N-dealkylation sites (tertiary alicyclic amines) is 1. The summed E-state index contributed by atoms with van der Waals surface area (Å²) in [6, 6.07) is 13.5. The zero-order valence-electron chi connectivity index (χ0n) is 15.5. The summed E-state index contributed by atoms with van der Waals surface area (Å²) in [5, 5.41) is 0.360. The number of amides is 1. The number of hydrogen-bond donors (Lipinski definition) is 1. The summed E-state index contributed by atoms with van der Waals surface area (Å²) in [6.07, 6.45) is 2.74. The van der Waals surface area contributed by atoms with Crippen LogP contribution in [-0.2, 0) is 11.2 Å². The molecule has 6 heteroatoms. The number of piperidine rings is 1. The Kier molecular flexibility index (Phi) is 6.58. The number of ether oxygens (including phenoxy) is 2. The van der Waals surface area contributed by atoms with Crippen molar-refractivity contribution in [2.45, 2.75) is 25.4 Å². The molecule has 0 unspecified atom stereocenters. The van der Waals surface area contributed by atoms with Gasteiger partial charge in [-0.2, -0.15) is 0 Å². The van der Waals surface area contributed by atoms with Crippen molar-refractivity contribution in [3.8, 4) is 5.75 Å². The Balaban J connectivity index is 1.51. The van der Waals surface area contributed by atoms with Crippen LogP contribution < -0.4 is 10.5 Å². The van der Waals surface area contributed by atoms with Crippen LogP contribution in [-0.4, -0.2) is 43.7 Å². The van der Waals surface area contributed by atoms with Gasteiger partial charge < -0.3 is 20.1 Å². The molecule has 0 saturated carbocycles. The van der Waals surface area contributed by atoms with E-state index in [9.17, 15) is 4.79 Å². The molecule has 1 aliphatic heterocycles. The summed E-state index contributed by atoms with van der Waals surface area (Å²) in [7, 11) is 1.52. The van der Waals surface area contributed by atoms with E-state index in [1.807, 2.05) is 23.1 Å². The van der Waals surface area contributed by atoms with Crippen LogP contribution in [0.15, 0.2) is 42.5 Å². The molecule has 1 fully saturated rings. The van der Waals surface area contributed by atoms with Crippen molar-refractivity contribution in [1.82, 2.24) is 4.90 Å². The summed E-state index contributed by atoms with van der Waals surface area (Å²) < 4.78 is 11.3. The minimum atomic E-state index is -0.0866. The molecule has 1 aliphatic rings. The summed E-state index contributed by atoms with van der Waals surface area (Å²) in [5.41, 5.74) is 7.92. The zero-order valence-corrected chi connectivity index (χ0v) is 16.2. The number of halogens is 1. The van der Waals surface area contributed by atoms with Crippen LogP contribution in [0.3, 0.4) is 0 Å². The van der Waals surface area contributed by atoms with Gasteiger partial charge in [0.15, 0.2) is 0 Å². The Morgan fingerprint density at radius 2 is 1.93 bits per heavy atom. The fourth-order valence-corrected chi connectivity index (χ4v) is 3.45. The average molecular weight is 389 g/mol. The van der Waals surface area contributed by atoms with Gasteiger partial charge in [-0.05, 0) is 30.9 Å². The Morgan fingerprint density at radius 1 is 1.22 bits per heavy atom. The second-order valence-corrected chi connectivity index (χ2v) is 7.08. The highest BCUT2D eigenvalue weighted by Gasteiger charge is 2.26. The number of carbonyl (C=O) groups excluding carboxylic acids is 1. The summed E-state index contributed by atoms with van der Waals surface area (Å²) >= 11 is 6.09. The first-order valence-corrected chi connectivity index (χ1v) is 9.54. The minimum absolute atomic E-state index is 0.0866. The normalized spacial score (nSPS) is 15.0.